The van der Waals surface area contributed by atoms with E-state index in [0.29, 0.717) is 11.7 Å². The molecule has 1 fully saturated rings. The molecular formula is C26H28F2N4S. The number of amidine groups is 1. The molecule has 0 bridgehead atoms. The summed E-state index contributed by atoms with van der Waals surface area (Å²) in [5.74, 6) is 0.431. The van der Waals surface area contributed by atoms with Crippen LogP contribution in [0.1, 0.15) is 29.3 Å². The van der Waals surface area contributed by atoms with Crippen LogP contribution < -0.4 is 5.32 Å². The standard InChI is InChI=1S/C26H28F2N4S/c1-3-21-15-22-25(29-24-14-19(28)8-10-23(24)30-26(22)33-21)32-12-11-31(2)20(16-32)9-7-17-5-4-6-18(27)13-17/h4-6,8,10,13-15,20,30H,3,7,9,11-12,16H2,1-2H3/t20-/m0/s1. The van der Waals surface area contributed by atoms with Gasteiger partial charge in [0.2, 0.25) is 0 Å². The molecule has 0 saturated carbocycles. The highest BCUT2D eigenvalue weighted by atomic mass is 32.1. The van der Waals surface area contributed by atoms with E-state index in [4.69, 9.17) is 4.99 Å². The van der Waals surface area contributed by atoms with Gasteiger partial charge in [0.25, 0.3) is 0 Å². The largest absolute Gasteiger partial charge is 0.353 e. The Morgan fingerprint density at radius 1 is 1.09 bits per heavy atom. The van der Waals surface area contributed by atoms with Crippen molar-refractivity contribution in [2.75, 3.05) is 32.0 Å². The molecule has 5 rings (SSSR count). The van der Waals surface area contributed by atoms with Crippen molar-refractivity contribution < 1.29 is 8.78 Å². The maximum absolute atomic E-state index is 14.0. The predicted octanol–water partition coefficient (Wildman–Crippen LogP) is 5.97. The van der Waals surface area contributed by atoms with Crippen LogP contribution >= 0.6 is 11.3 Å². The van der Waals surface area contributed by atoms with Gasteiger partial charge < -0.3 is 10.2 Å². The molecule has 0 radical (unpaired) electrons. The number of halogens is 2. The van der Waals surface area contributed by atoms with E-state index < -0.39 is 0 Å². The maximum Gasteiger partial charge on any atom is 0.139 e. The number of hydrogen-bond donors (Lipinski definition) is 1. The Morgan fingerprint density at radius 3 is 2.76 bits per heavy atom. The molecule has 4 nitrogen and oxygen atoms in total. The molecule has 0 spiro atoms. The van der Waals surface area contributed by atoms with Crippen molar-refractivity contribution in [3.8, 4) is 0 Å². The Labute approximate surface area is 197 Å². The maximum atomic E-state index is 14.0. The lowest BCUT2D eigenvalue weighted by Gasteiger charge is -2.41. The van der Waals surface area contributed by atoms with Gasteiger partial charge in [-0.15, -0.1) is 11.3 Å². The normalized spacial score (nSPS) is 18.2. The summed E-state index contributed by atoms with van der Waals surface area (Å²) in [6.45, 7) is 4.75. The summed E-state index contributed by atoms with van der Waals surface area (Å²) in [5, 5.41) is 4.55. The highest BCUT2D eigenvalue weighted by molar-refractivity contribution is 7.16. The van der Waals surface area contributed by atoms with Gasteiger partial charge in [0.1, 0.15) is 22.5 Å². The molecule has 3 heterocycles. The van der Waals surface area contributed by atoms with Gasteiger partial charge in [-0.3, -0.25) is 4.90 Å². The third-order valence-corrected chi connectivity index (χ3v) is 7.73. The van der Waals surface area contributed by atoms with Crippen LogP contribution in [-0.4, -0.2) is 48.4 Å². The first-order valence-corrected chi connectivity index (χ1v) is 12.3. The van der Waals surface area contributed by atoms with Crippen molar-refractivity contribution >= 4 is 33.5 Å². The highest BCUT2D eigenvalue weighted by Gasteiger charge is 2.30. The number of aryl methyl sites for hydroxylation is 2. The summed E-state index contributed by atoms with van der Waals surface area (Å²) in [5.41, 5.74) is 3.56. The van der Waals surface area contributed by atoms with Gasteiger partial charge in [0.05, 0.1) is 16.9 Å². The molecule has 2 aromatic carbocycles. The van der Waals surface area contributed by atoms with E-state index in [1.807, 2.05) is 6.07 Å². The van der Waals surface area contributed by atoms with E-state index >= 15 is 0 Å². The Bertz CT molecular complexity index is 1190. The molecule has 0 aliphatic carbocycles. The first-order valence-electron chi connectivity index (χ1n) is 11.5. The van der Waals surface area contributed by atoms with Gasteiger partial charge in [-0.05, 0) is 62.2 Å². The molecule has 2 aliphatic heterocycles. The predicted molar refractivity (Wildman–Crippen MR) is 132 cm³/mol. The minimum atomic E-state index is -0.288. The lowest BCUT2D eigenvalue weighted by atomic mass is 10.0. The third kappa shape index (κ3) is 4.66. The number of likely N-dealkylation sites (N-methyl/N-ethyl adjacent to an activating group) is 1. The molecule has 0 amide bonds. The number of anilines is 2. The van der Waals surface area contributed by atoms with Crippen LogP contribution in [0.2, 0.25) is 0 Å². The number of hydrogen-bond acceptors (Lipinski definition) is 5. The van der Waals surface area contributed by atoms with E-state index in [0.717, 1.165) is 66.5 Å². The smallest absolute Gasteiger partial charge is 0.139 e. The average molecular weight is 467 g/mol. The third-order valence-electron chi connectivity index (χ3n) is 6.54. The molecule has 2 aliphatic rings. The second-order valence-corrected chi connectivity index (χ2v) is 9.92. The van der Waals surface area contributed by atoms with E-state index in [1.54, 1.807) is 29.5 Å². The van der Waals surface area contributed by atoms with Crippen LogP contribution in [-0.2, 0) is 12.8 Å². The first kappa shape index (κ1) is 22.0. The Balaban J connectivity index is 1.44. The van der Waals surface area contributed by atoms with Crippen molar-refractivity contribution in [2.24, 2.45) is 4.99 Å². The van der Waals surface area contributed by atoms with E-state index in [9.17, 15) is 8.78 Å². The van der Waals surface area contributed by atoms with Crippen molar-refractivity contribution in [3.63, 3.8) is 0 Å². The summed E-state index contributed by atoms with van der Waals surface area (Å²) in [4.78, 5) is 11.0. The zero-order chi connectivity index (χ0) is 22.9. The number of nitrogens with zero attached hydrogens (tertiary/aromatic N) is 3. The zero-order valence-electron chi connectivity index (χ0n) is 18.9. The number of rotatable bonds is 4. The minimum absolute atomic E-state index is 0.186. The second kappa shape index (κ2) is 9.23. The summed E-state index contributed by atoms with van der Waals surface area (Å²) in [6.07, 6.45) is 2.72. The molecule has 33 heavy (non-hydrogen) atoms. The van der Waals surface area contributed by atoms with Crippen molar-refractivity contribution in [1.29, 1.82) is 0 Å². The minimum Gasteiger partial charge on any atom is -0.353 e. The average Bonchev–Trinajstić information content (AvgIpc) is 3.15. The van der Waals surface area contributed by atoms with Crippen molar-refractivity contribution in [3.05, 3.63) is 76.2 Å². The summed E-state index contributed by atoms with van der Waals surface area (Å²) < 4.78 is 27.6. The SMILES string of the molecule is CCc1cc2c(s1)Nc1ccc(F)cc1N=C2N1CCN(C)[C@@H](CCc2cccc(F)c2)C1. The zero-order valence-corrected chi connectivity index (χ0v) is 19.8. The van der Waals surface area contributed by atoms with Crippen LogP contribution in [0, 0.1) is 11.6 Å². The number of benzene rings is 2. The molecule has 1 N–H and O–H groups in total. The van der Waals surface area contributed by atoms with Gasteiger partial charge >= 0.3 is 0 Å². The van der Waals surface area contributed by atoms with Crippen LogP contribution in [0.3, 0.4) is 0 Å². The number of nitrogens with one attached hydrogen (secondary N) is 1. The van der Waals surface area contributed by atoms with Crippen LogP contribution in [0.5, 0.6) is 0 Å². The number of piperazine rings is 1. The van der Waals surface area contributed by atoms with Crippen molar-refractivity contribution in [1.82, 2.24) is 9.80 Å². The summed E-state index contributed by atoms with van der Waals surface area (Å²) >= 11 is 1.74. The molecular weight excluding hydrogens is 438 g/mol. The monoisotopic (exact) mass is 466 g/mol. The fourth-order valence-electron chi connectivity index (χ4n) is 4.59. The molecule has 1 aromatic heterocycles. The first-order chi connectivity index (χ1) is 16.0. The lowest BCUT2D eigenvalue weighted by Crippen LogP contribution is -2.53. The Hall–Kier alpha value is -2.77. The number of fused-ring (bicyclic) bond motifs is 2. The van der Waals surface area contributed by atoms with Gasteiger partial charge in [-0.25, -0.2) is 13.8 Å². The van der Waals surface area contributed by atoms with E-state index in [2.05, 4.69) is 35.2 Å². The van der Waals surface area contributed by atoms with Crippen LogP contribution in [0.25, 0.3) is 0 Å². The summed E-state index contributed by atoms with van der Waals surface area (Å²) in [7, 11) is 2.15. The molecule has 0 unspecified atom stereocenters. The quantitative estimate of drug-likeness (QED) is 0.514. The van der Waals surface area contributed by atoms with Gasteiger partial charge in [-0.2, -0.15) is 0 Å². The molecule has 7 heteroatoms. The molecule has 1 atom stereocenters. The van der Waals surface area contributed by atoms with E-state index in [-0.39, 0.29) is 11.6 Å². The Morgan fingerprint density at radius 2 is 1.94 bits per heavy atom. The number of aliphatic imine (C=N–C) groups is 1. The van der Waals surface area contributed by atoms with Crippen LogP contribution in [0.15, 0.2) is 53.5 Å². The van der Waals surface area contributed by atoms with Gasteiger partial charge in [-0.1, -0.05) is 19.1 Å². The van der Waals surface area contributed by atoms with E-state index in [1.165, 1.54) is 23.1 Å². The van der Waals surface area contributed by atoms with Gasteiger partial charge in [0.15, 0.2) is 0 Å². The fraction of sp³-hybridized carbons (Fsp3) is 0.346. The lowest BCUT2D eigenvalue weighted by molar-refractivity contribution is 0.134. The molecule has 3 aromatic rings. The second-order valence-electron chi connectivity index (χ2n) is 8.78. The number of thiophene rings is 1. The Kier molecular flexibility index (Phi) is 6.17. The fourth-order valence-corrected chi connectivity index (χ4v) is 5.60. The molecule has 172 valence electrons. The highest BCUT2D eigenvalue weighted by Crippen LogP contribution is 2.40. The van der Waals surface area contributed by atoms with Crippen LogP contribution in [0.4, 0.5) is 25.2 Å². The van der Waals surface area contributed by atoms with Gasteiger partial charge in [0, 0.05) is 36.6 Å². The molecule has 1 saturated heterocycles. The topological polar surface area (TPSA) is 30.9 Å². The summed E-state index contributed by atoms with van der Waals surface area (Å²) in [6, 6.07) is 14.1. The van der Waals surface area contributed by atoms with Crippen molar-refractivity contribution in [2.45, 2.75) is 32.2 Å².